The Labute approximate surface area is 146 Å². The molecule has 1 unspecified atom stereocenters. The number of amides is 2. The van der Waals surface area contributed by atoms with Gasteiger partial charge in [0.25, 0.3) is 15.9 Å². The fraction of sp³-hybridized carbons (Fsp3) is 0.125. The van der Waals surface area contributed by atoms with Crippen molar-refractivity contribution >= 4 is 43.5 Å². The first-order chi connectivity index (χ1) is 11.4. The van der Waals surface area contributed by atoms with Gasteiger partial charge in [-0.3, -0.25) is 14.9 Å². The number of carbonyl (C=O) groups excluding carboxylic acids is 2. The number of hydrogen-bond acceptors (Lipinski definition) is 4. The van der Waals surface area contributed by atoms with Crippen LogP contribution in [0.5, 0.6) is 0 Å². The van der Waals surface area contributed by atoms with E-state index in [1.807, 2.05) is 0 Å². The number of carbonyl (C=O) groups is 2. The van der Waals surface area contributed by atoms with Crippen molar-refractivity contribution in [3.63, 3.8) is 0 Å². The third-order valence-corrected chi connectivity index (χ3v) is 6.75. The molecule has 0 radical (unpaired) electrons. The molecule has 2 heterocycles. The summed E-state index contributed by atoms with van der Waals surface area (Å²) in [6.45, 7) is 0. The third kappa shape index (κ3) is 1.83. The van der Waals surface area contributed by atoms with E-state index in [-0.39, 0.29) is 11.3 Å². The number of nitrogens with one attached hydrogen (secondary N) is 1. The van der Waals surface area contributed by atoms with Gasteiger partial charge in [-0.05, 0) is 30.3 Å². The summed E-state index contributed by atoms with van der Waals surface area (Å²) in [7, 11) is -3.96. The van der Waals surface area contributed by atoms with Gasteiger partial charge in [0.05, 0.1) is 17.0 Å². The first kappa shape index (κ1) is 15.3. The Morgan fingerprint density at radius 3 is 2.33 bits per heavy atom. The number of rotatable bonds is 1. The van der Waals surface area contributed by atoms with Gasteiger partial charge in [-0.25, -0.2) is 12.7 Å². The summed E-state index contributed by atoms with van der Waals surface area (Å²) in [6.07, 6.45) is -0.238. The van der Waals surface area contributed by atoms with Crippen LogP contribution in [0.4, 0.5) is 5.69 Å². The molecule has 0 aliphatic carbocycles. The maximum absolute atomic E-state index is 13.1. The van der Waals surface area contributed by atoms with Crippen molar-refractivity contribution < 1.29 is 18.0 Å². The predicted octanol–water partition coefficient (Wildman–Crippen LogP) is 1.90. The molecule has 1 N–H and O–H groups in total. The smallest absolute Gasteiger partial charge is 0.266 e. The maximum Gasteiger partial charge on any atom is 0.266 e. The second kappa shape index (κ2) is 4.90. The van der Waals surface area contributed by atoms with E-state index in [1.54, 1.807) is 42.5 Å². The van der Waals surface area contributed by atoms with Crippen LogP contribution in [-0.2, 0) is 25.2 Å². The Hall–Kier alpha value is -2.19. The highest BCUT2D eigenvalue weighted by Crippen LogP contribution is 2.50. The van der Waals surface area contributed by atoms with E-state index >= 15 is 0 Å². The topological polar surface area (TPSA) is 83.5 Å². The minimum Gasteiger partial charge on any atom is -0.294 e. The minimum absolute atomic E-state index is 0.0535. The molecule has 122 valence electrons. The van der Waals surface area contributed by atoms with E-state index in [1.165, 1.54) is 6.07 Å². The van der Waals surface area contributed by atoms with Gasteiger partial charge in [0.15, 0.2) is 5.54 Å². The molecule has 1 fully saturated rings. The van der Waals surface area contributed by atoms with Crippen molar-refractivity contribution in [2.75, 3.05) is 4.31 Å². The standard InChI is InChI=1S/C16H11BrN2O4S/c17-10-5-7-11(8-6-10)19-16(9-14(20)18-15(16)21)12-3-1-2-4-13(12)24(19,22)23/h1-8H,9H2,(H,18,20,21). The predicted molar refractivity (Wildman–Crippen MR) is 89.7 cm³/mol. The maximum atomic E-state index is 13.1. The van der Waals surface area contributed by atoms with Crippen LogP contribution in [0, 0.1) is 0 Å². The van der Waals surface area contributed by atoms with Gasteiger partial charge in [-0.15, -0.1) is 0 Å². The molecule has 2 aliphatic rings. The Bertz CT molecular complexity index is 987. The van der Waals surface area contributed by atoms with Gasteiger partial charge in [-0.2, -0.15) is 0 Å². The van der Waals surface area contributed by atoms with Crippen molar-refractivity contribution in [2.45, 2.75) is 16.9 Å². The largest absolute Gasteiger partial charge is 0.294 e. The molecule has 1 atom stereocenters. The fourth-order valence-corrected chi connectivity index (χ4v) is 5.63. The normalized spacial score (nSPS) is 24.3. The molecular formula is C16H11BrN2O4S. The van der Waals surface area contributed by atoms with Crippen LogP contribution in [0.1, 0.15) is 12.0 Å². The molecule has 6 nitrogen and oxygen atoms in total. The molecule has 2 amide bonds. The van der Waals surface area contributed by atoms with E-state index in [0.717, 1.165) is 8.78 Å². The molecule has 0 saturated carbocycles. The van der Waals surface area contributed by atoms with Gasteiger partial charge in [0, 0.05) is 10.0 Å². The van der Waals surface area contributed by atoms with Crippen molar-refractivity contribution in [1.82, 2.24) is 5.32 Å². The molecule has 8 heteroatoms. The van der Waals surface area contributed by atoms with Crippen molar-refractivity contribution in [2.24, 2.45) is 0 Å². The van der Waals surface area contributed by atoms with Crippen LogP contribution in [-0.4, -0.2) is 20.2 Å². The van der Waals surface area contributed by atoms with Gasteiger partial charge in [0.2, 0.25) is 5.91 Å². The van der Waals surface area contributed by atoms with Crippen LogP contribution >= 0.6 is 15.9 Å². The number of benzene rings is 2. The molecule has 2 aromatic carbocycles. The SMILES string of the molecule is O=C1CC2(C(=O)N1)c1ccccc1S(=O)(=O)N2c1ccc(Br)cc1. The van der Waals surface area contributed by atoms with Crippen LogP contribution in [0.2, 0.25) is 0 Å². The number of fused-ring (bicyclic) bond motifs is 2. The van der Waals surface area contributed by atoms with Crippen molar-refractivity contribution in [1.29, 1.82) is 0 Å². The zero-order valence-electron chi connectivity index (χ0n) is 12.2. The lowest BCUT2D eigenvalue weighted by Crippen LogP contribution is -2.49. The summed E-state index contributed by atoms with van der Waals surface area (Å²) in [6, 6.07) is 12.9. The molecule has 2 aliphatic heterocycles. The minimum atomic E-state index is -3.96. The lowest BCUT2D eigenvalue weighted by Gasteiger charge is -2.32. The van der Waals surface area contributed by atoms with Crippen LogP contribution in [0.15, 0.2) is 57.9 Å². The number of hydrogen-bond donors (Lipinski definition) is 1. The molecule has 0 bridgehead atoms. The fourth-order valence-electron chi connectivity index (χ4n) is 3.35. The molecule has 24 heavy (non-hydrogen) atoms. The lowest BCUT2D eigenvalue weighted by atomic mass is 9.87. The number of imide groups is 1. The number of anilines is 1. The quantitative estimate of drug-likeness (QED) is 0.733. The summed E-state index contributed by atoms with van der Waals surface area (Å²) < 4.78 is 28.1. The van der Waals surface area contributed by atoms with Gasteiger partial charge >= 0.3 is 0 Å². The first-order valence-corrected chi connectivity index (χ1v) is 9.35. The summed E-state index contributed by atoms with van der Waals surface area (Å²) in [5, 5.41) is 2.25. The van der Waals surface area contributed by atoms with Crippen LogP contribution in [0.25, 0.3) is 0 Å². The van der Waals surface area contributed by atoms with Gasteiger partial charge in [0.1, 0.15) is 0 Å². The lowest BCUT2D eigenvalue weighted by molar-refractivity contribution is -0.126. The zero-order valence-corrected chi connectivity index (χ0v) is 14.6. The molecular weight excluding hydrogens is 396 g/mol. The number of halogens is 1. The summed E-state index contributed by atoms with van der Waals surface area (Å²) in [5.41, 5.74) is -0.907. The van der Waals surface area contributed by atoms with Crippen molar-refractivity contribution in [3.05, 3.63) is 58.6 Å². The van der Waals surface area contributed by atoms with E-state index in [2.05, 4.69) is 21.2 Å². The summed E-state index contributed by atoms with van der Waals surface area (Å²) in [5.74, 6) is -1.11. The summed E-state index contributed by atoms with van der Waals surface area (Å²) in [4.78, 5) is 24.6. The third-order valence-electron chi connectivity index (χ3n) is 4.30. The summed E-state index contributed by atoms with van der Waals surface area (Å²) >= 11 is 3.31. The monoisotopic (exact) mass is 406 g/mol. The highest BCUT2D eigenvalue weighted by molar-refractivity contribution is 9.10. The zero-order chi connectivity index (χ0) is 17.1. The molecule has 0 aromatic heterocycles. The Kier molecular flexibility index (Phi) is 3.14. The van der Waals surface area contributed by atoms with E-state index in [0.29, 0.717) is 11.3 Å². The van der Waals surface area contributed by atoms with Crippen LogP contribution < -0.4 is 9.62 Å². The molecule has 1 spiro atoms. The number of sulfonamides is 1. The Morgan fingerprint density at radius 1 is 1.04 bits per heavy atom. The average molecular weight is 407 g/mol. The molecule has 1 saturated heterocycles. The number of nitrogens with zero attached hydrogens (tertiary/aromatic N) is 1. The van der Waals surface area contributed by atoms with E-state index in [4.69, 9.17) is 0 Å². The Balaban J connectivity index is 2.06. The van der Waals surface area contributed by atoms with Crippen molar-refractivity contribution in [3.8, 4) is 0 Å². The average Bonchev–Trinajstić information content (AvgIpc) is 2.94. The second-order valence-corrected chi connectivity index (χ2v) is 8.33. The first-order valence-electron chi connectivity index (χ1n) is 7.12. The van der Waals surface area contributed by atoms with Gasteiger partial charge < -0.3 is 0 Å². The molecule has 2 aromatic rings. The molecule has 4 rings (SSSR count). The van der Waals surface area contributed by atoms with E-state index in [9.17, 15) is 18.0 Å². The highest BCUT2D eigenvalue weighted by atomic mass is 79.9. The highest BCUT2D eigenvalue weighted by Gasteiger charge is 2.62. The van der Waals surface area contributed by atoms with Gasteiger partial charge in [-0.1, -0.05) is 34.1 Å². The van der Waals surface area contributed by atoms with Crippen LogP contribution in [0.3, 0.4) is 0 Å². The second-order valence-electron chi connectivity index (χ2n) is 5.66. The van der Waals surface area contributed by atoms with E-state index < -0.39 is 27.4 Å². The Morgan fingerprint density at radius 2 is 1.71 bits per heavy atom.